The molecule has 0 saturated heterocycles. The summed E-state index contributed by atoms with van der Waals surface area (Å²) in [7, 11) is 0. The second kappa shape index (κ2) is 4.43. The van der Waals surface area contributed by atoms with Crippen LogP contribution in [-0.2, 0) is 11.2 Å². The molecule has 19 heavy (non-hydrogen) atoms. The predicted molar refractivity (Wildman–Crippen MR) is 71.8 cm³/mol. The Kier molecular flexibility index (Phi) is 2.75. The van der Waals surface area contributed by atoms with E-state index in [0.29, 0.717) is 11.5 Å². The van der Waals surface area contributed by atoms with Crippen molar-refractivity contribution >= 4 is 5.97 Å². The fourth-order valence-corrected chi connectivity index (χ4v) is 2.66. The summed E-state index contributed by atoms with van der Waals surface area (Å²) in [4.78, 5) is 11.7. The third-order valence-corrected chi connectivity index (χ3v) is 3.52. The van der Waals surface area contributed by atoms with E-state index in [1.54, 1.807) is 0 Å². The van der Waals surface area contributed by atoms with Gasteiger partial charge in [-0.15, -0.1) is 0 Å². The molecule has 0 amide bonds. The van der Waals surface area contributed by atoms with Crippen molar-refractivity contribution in [3.63, 3.8) is 0 Å². The van der Waals surface area contributed by atoms with Gasteiger partial charge in [0, 0.05) is 11.1 Å². The van der Waals surface area contributed by atoms with E-state index in [9.17, 15) is 9.90 Å². The maximum Gasteiger partial charge on any atom is 0.315 e. The maximum atomic E-state index is 11.7. The average Bonchev–Trinajstić information content (AvgIpc) is 2.43. The number of aryl methyl sites for hydroxylation is 1. The summed E-state index contributed by atoms with van der Waals surface area (Å²) < 4.78 is 5.84. The van der Waals surface area contributed by atoms with Crippen molar-refractivity contribution in [1.29, 1.82) is 0 Å². The zero-order chi connectivity index (χ0) is 13.4. The van der Waals surface area contributed by atoms with Gasteiger partial charge in [0.15, 0.2) is 0 Å². The van der Waals surface area contributed by atoms with E-state index in [4.69, 9.17) is 4.74 Å². The zero-order valence-corrected chi connectivity index (χ0v) is 10.6. The summed E-state index contributed by atoms with van der Waals surface area (Å²) >= 11 is 0. The van der Waals surface area contributed by atoms with Crippen LogP contribution in [0.3, 0.4) is 0 Å². The Morgan fingerprint density at radius 1 is 1.16 bits per heavy atom. The predicted octanol–water partition coefficient (Wildman–Crippen LogP) is 3.57. The summed E-state index contributed by atoms with van der Waals surface area (Å²) in [5.41, 5.74) is 2.54. The van der Waals surface area contributed by atoms with Crippen molar-refractivity contribution in [2.45, 2.75) is 19.3 Å². The smallest absolute Gasteiger partial charge is 0.315 e. The van der Waals surface area contributed by atoms with Crippen molar-refractivity contribution in [2.75, 3.05) is 0 Å². The number of carboxylic acids is 1. The number of fused-ring (bicyclic) bond motifs is 2. The van der Waals surface area contributed by atoms with Gasteiger partial charge in [-0.3, -0.25) is 4.79 Å². The number of rotatable bonds is 2. The van der Waals surface area contributed by atoms with Crippen LogP contribution in [0.2, 0.25) is 0 Å². The molecular formula is C16H14O3. The van der Waals surface area contributed by atoms with Gasteiger partial charge >= 0.3 is 5.97 Å². The quantitative estimate of drug-likeness (QED) is 0.891. The Morgan fingerprint density at radius 2 is 1.89 bits per heavy atom. The summed E-state index contributed by atoms with van der Waals surface area (Å²) in [6, 6.07) is 13.0. The first-order chi connectivity index (χ1) is 9.22. The molecule has 96 valence electrons. The number of ether oxygens (including phenoxy) is 1. The van der Waals surface area contributed by atoms with Crippen molar-refractivity contribution in [2.24, 2.45) is 0 Å². The molecular weight excluding hydrogens is 240 g/mol. The molecule has 1 N–H and O–H groups in total. The first kappa shape index (κ1) is 11.8. The lowest BCUT2D eigenvalue weighted by Crippen LogP contribution is -2.20. The molecule has 3 nitrogen and oxygen atoms in total. The molecule has 3 heteroatoms. The van der Waals surface area contributed by atoms with Crippen LogP contribution in [0.15, 0.2) is 42.5 Å². The van der Waals surface area contributed by atoms with Gasteiger partial charge in [0.05, 0.1) is 0 Å². The summed E-state index contributed by atoms with van der Waals surface area (Å²) in [6.45, 7) is 2.02. The summed E-state index contributed by atoms with van der Waals surface area (Å²) in [5, 5.41) is 9.60. The Bertz CT molecular complexity index is 646. The lowest BCUT2D eigenvalue weighted by atomic mass is 9.84. The van der Waals surface area contributed by atoms with Crippen molar-refractivity contribution < 1.29 is 14.6 Å². The summed E-state index contributed by atoms with van der Waals surface area (Å²) in [6.07, 6.45) is 0.790. The van der Waals surface area contributed by atoms with Crippen LogP contribution in [0.5, 0.6) is 11.5 Å². The minimum atomic E-state index is -0.835. The number of para-hydroxylation sites is 1. The molecule has 0 aliphatic carbocycles. The minimum Gasteiger partial charge on any atom is -0.481 e. The molecule has 1 aliphatic rings. The van der Waals surface area contributed by atoms with Crippen LogP contribution in [0.4, 0.5) is 0 Å². The van der Waals surface area contributed by atoms with Crippen LogP contribution >= 0.6 is 0 Å². The van der Waals surface area contributed by atoms with E-state index in [2.05, 4.69) is 0 Å². The first-order valence-electron chi connectivity index (χ1n) is 6.33. The van der Waals surface area contributed by atoms with Crippen LogP contribution < -0.4 is 4.74 Å². The summed E-state index contributed by atoms with van der Waals surface area (Å²) in [5.74, 6) is -0.185. The third-order valence-electron chi connectivity index (χ3n) is 3.52. The van der Waals surface area contributed by atoms with Gasteiger partial charge in [-0.1, -0.05) is 37.3 Å². The Hall–Kier alpha value is -2.29. The number of carbonyl (C=O) groups is 1. The minimum absolute atomic E-state index is 0.635. The van der Waals surface area contributed by atoms with Crippen LogP contribution in [0.1, 0.15) is 29.5 Å². The highest BCUT2D eigenvalue weighted by atomic mass is 16.5. The molecule has 0 bridgehead atoms. The second-order valence-corrected chi connectivity index (χ2v) is 4.59. The Morgan fingerprint density at radius 3 is 2.63 bits per heavy atom. The largest absolute Gasteiger partial charge is 0.481 e. The van der Waals surface area contributed by atoms with Gasteiger partial charge in [0.25, 0.3) is 0 Å². The number of aliphatic carboxylic acids is 1. The number of hydrogen-bond acceptors (Lipinski definition) is 2. The number of benzene rings is 2. The van der Waals surface area contributed by atoms with E-state index in [0.717, 1.165) is 23.1 Å². The Balaban J connectivity index is 2.27. The highest BCUT2D eigenvalue weighted by Crippen LogP contribution is 2.45. The van der Waals surface area contributed by atoms with Gasteiger partial charge in [-0.2, -0.15) is 0 Å². The molecule has 1 aliphatic heterocycles. The second-order valence-electron chi connectivity index (χ2n) is 4.59. The van der Waals surface area contributed by atoms with Gasteiger partial charge in [0.1, 0.15) is 17.4 Å². The van der Waals surface area contributed by atoms with Gasteiger partial charge in [0.2, 0.25) is 0 Å². The SMILES string of the molecule is CCc1cccc2c1C(C(=O)O)c1ccccc1O2. The highest BCUT2D eigenvalue weighted by Gasteiger charge is 2.33. The molecule has 0 radical (unpaired) electrons. The van der Waals surface area contributed by atoms with Crippen LogP contribution in [0, 0.1) is 0 Å². The molecule has 0 saturated carbocycles. The van der Waals surface area contributed by atoms with E-state index < -0.39 is 11.9 Å². The number of hydrogen-bond donors (Lipinski definition) is 1. The molecule has 3 rings (SSSR count). The van der Waals surface area contributed by atoms with Gasteiger partial charge < -0.3 is 9.84 Å². The molecule has 0 spiro atoms. The monoisotopic (exact) mass is 254 g/mol. The normalized spacial score (nSPS) is 16.2. The topological polar surface area (TPSA) is 46.5 Å². The van der Waals surface area contributed by atoms with Gasteiger partial charge in [-0.25, -0.2) is 0 Å². The molecule has 0 aromatic heterocycles. The van der Waals surface area contributed by atoms with Crippen molar-refractivity contribution in [1.82, 2.24) is 0 Å². The van der Waals surface area contributed by atoms with E-state index in [-0.39, 0.29) is 0 Å². The first-order valence-corrected chi connectivity index (χ1v) is 6.33. The Labute approximate surface area is 111 Å². The standard InChI is InChI=1S/C16H14O3/c1-2-10-6-5-9-13-14(10)15(16(17)18)11-7-3-4-8-12(11)19-13/h3-9,15H,2H2,1H3,(H,17,18). The van der Waals surface area contributed by atoms with Crippen molar-refractivity contribution in [3.05, 3.63) is 59.2 Å². The third kappa shape index (κ3) is 1.78. The lowest BCUT2D eigenvalue weighted by molar-refractivity contribution is -0.137. The number of carboxylic acid groups (broad SMARTS) is 1. The lowest BCUT2D eigenvalue weighted by Gasteiger charge is -2.27. The zero-order valence-electron chi connectivity index (χ0n) is 10.6. The average molecular weight is 254 g/mol. The van der Waals surface area contributed by atoms with E-state index in [1.165, 1.54) is 0 Å². The fourth-order valence-electron chi connectivity index (χ4n) is 2.66. The molecule has 0 fully saturated rings. The fraction of sp³-hybridized carbons (Fsp3) is 0.188. The van der Waals surface area contributed by atoms with E-state index >= 15 is 0 Å². The maximum absolute atomic E-state index is 11.7. The highest BCUT2D eigenvalue weighted by molar-refractivity contribution is 5.84. The molecule has 2 aromatic rings. The molecule has 1 unspecified atom stereocenters. The molecule has 1 heterocycles. The van der Waals surface area contributed by atoms with Crippen LogP contribution in [0.25, 0.3) is 0 Å². The van der Waals surface area contributed by atoms with E-state index in [1.807, 2.05) is 49.4 Å². The van der Waals surface area contributed by atoms with Gasteiger partial charge in [-0.05, 0) is 24.1 Å². The van der Waals surface area contributed by atoms with Crippen LogP contribution in [-0.4, -0.2) is 11.1 Å². The van der Waals surface area contributed by atoms with Crippen molar-refractivity contribution in [3.8, 4) is 11.5 Å². The molecule has 2 aromatic carbocycles. The molecule has 1 atom stereocenters.